The smallest absolute Gasteiger partial charge is 0.242 e. The van der Waals surface area contributed by atoms with Gasteiger partial charge >= 0.3 is 0 Å². The normalized spacial score (nSPS) is 32.1. The molecule has 2 rings (SSSR count). The fraction of sp³-hybridized carbons (Fsp3) is 0.875. The molecular weight excluding hydrogens is 296 g/mol. The average Bonchev–Trinajstić information content (AvgIpc) is 2.86. The molecule has 0 aromatic carbocycles. The number of morpholine rings is 1. The number of hydrogen-bond acceptors (Lipinski definition) is 5. The molecule has 7 nitrogen and oxygen atoms in total. The van der Waals surface area contributed by atoms with Crippen LogP contribution in [-0.4, -0.2) is 78.6 Å². The molecule has 2 aliphatic rings. The minimum Gasteiger partial charge on any atom is -0.373 e. The Morgan fingerprint density at radius 1 is 1.22 bits per heavy atom. The van der Waals surface area contributed by atoms with Crippen molar-refractivity contribution in [2.24, 2.45) is 5.73 Å². The molecule has 2 fully saturated rings. The second-order valence-electron chi connectivity index (χ2n) is 6.72. The second kappa shape index (κ2) is 8.08. The van der Waals surface area contributed by atoms with Gasteiger partial charge in [-0.2, -0.15) is 0 Å². The SMILES string of the molecule is CCNC(=O)[C@@H]1C[C@@H](N)CN1C(=O)CCN1C[C@@H](C)O[C@@H](C)C1. The highest BCUT2D eigenvalue weighted by Crippen LogP contribution is 2.19. The van der Waals surface area contributed by atoms with Gasteiger partial charge in [0.2, 0.25) is 11.8 Å². The van der Waals surface area contributed by atoms with Crippen LogP contribution in [0.4, 0.5) is 0 Å². The maximum atomic E-state index is 12.5. The summed E-state index contributed by atoms with van der Waals surface area (Å²) in [5, 5.41) is 2.79. The summed E-state index contributed by atoms with van der Waals surface area (Å²) >= 11 is 0. The number of nitrogens with zero attached hydrogens (tertiary/aromatic N) is 2. The van der Waals surface area contributed by atoms with Crippen molar-refractivity contribution < 1.29 is 14.3 Å². The minimum atomic E-state index is -0.417. The number of hydrogen-bond donors (Lipinski definition) is 2. The molecule has 23 heavy (non-hydrogen) atoms. The van der Waals surface area contributed by atoms with E-state index in [0.717, 1.165) is 13.1 Å². The Labute approximate surface area is 138 Å². The lowest BCUT2D eigenvalue weighted by molar-refractivity contribution is -0.139. The highest BCUT2D eigenvalue weighted by atomic mass is 16.5. The second-order valence-corrected chi connectivity index (χ2v) is 6.72. The van der Waals surface area contributed by atoms with Gasteiger partial charge in [-0.3, -0.25) is 14.5 Å². The zero-order chi connectivity index (χ0) is 17.0. The third-order valence-electron chi connectivity index (χ3n) is 4.44. The Morgan fingerprint density at radius 2 is 1.87 bits per heavy atom. The van der Waals surface area contributed by atoms with Gasteiger partial charge in [0, 0.05) is 45.2 Å². The first-order valence-electron chi connectivity index (χ1n) is 8.61. The Balaban J connectivity index is 1.87. The summed E-state index contributed by atoms with van der Waals surface area (Å²) in [4.78, 5) is 28.6. The van der Waals surface area contributed by atoms with Gasteiger partial charge in [-0.15, -0.1) is 0 Å². The predicted octanol–water partition coefficient (Wildman–Crippen LogP) is -0.450. The molecule has 2 heterocycles. The van der Waals surface area contributed by atoms with Gasteiger partial charge in [-0.1, -0.05) is 0 Å². The van der Waals surface area contributed by atoms with Gasteiger partial charge in [-0.25, -0.2) is 0 Å². The third-order valence-corrected chi connectivity index (χ3v) is 4.44. The monoisotopic (exact) mass is 326 g/mol. The fourth-order valence-electron chi connectivity index (χ4n) is 3.55. The van der Waals surface area contributed by atoms with E-state index >= 15 is 0 Å². The van der Waals surface area contributed by atoms with Crippen molar-refractivity contribution >= 4 is 11.8 Å². The van der Waals surface area contributed by atoms with E-state index in [-0.39, 0.29) is 30.1 Å². The van der Waals surface area contributed by atoms with E-state index in [1.165, 1.54) is 0 Å². The van der Waals surface area contributed by atoms with Crippen LogP contribution in [0.3, 0.4) is 0 Å². The summed E-state index contributed by atoms with van der Waals surface area (Å²) in [6.07, 6.45) is 1.35. The first kappa shape index (κ1) is 18.2. The van der Waals surface area contributed by atoms with Crippen molar-refractivity contribution in [2.75, 3.05) is 32.7 Å². The topological polar surface area (TPSA) is 87.9 Å². The summed E-state index contributed by atoms with van der Waals surface area (Å²) in [6, 6.07) is -0.532. The van der Waals surface area contributed by atoms with Crippen molar-refractivity contribution in [1.82, 2.24) is 15.1 Å². The van der Waals surface area contributed by atoms with Gasteiger partial charge in [0.15, 0.2) is 0 Å². The van der Waals surface area contributed by atoms with Crippen LogP contribution in [0.15, 0.2) is 0 Å². The Kier molecular flexibility index (Phi) is 6.38. The number of nitrogens with two attached hydrogens (primary N) is 1. The van der Waals surface area contributed by atoms with Crippen LogP contribution in [0.5, 0.6) is 0 Å². The molecular formula is C16H30N4O3. The number of likely N-dealkylation sites (tertiary alicyclic amines) is 1. The van der Waals surface area contributed by atoms with Crippen molar-refractivity contribution in [3.05, 3.63) is 0 Å². The van der Waals surface area contributed by atoms with Crippen LogP contribution in [0.25, 0.3) is 0 Å². The van der Waals surface area contributed by atoms with Gasteiger partial charge in [0.05, 0.1) is 12.2 Å². The number of carbonyl (C=O) groups is 2. The largest absolute Gasteiger partial charge is 0.373 e. The van der Waals surface area contributed by atoms with Crippen LogP contribution in [-0.2, 0) is 14.3 Å². The maximum Gasteiger partial charge on any atom is 0.242 e. The summed E-state index contributed by atoms with van der Waals surface area (Å²) in [7, 11) is 0. The third kappa shape index (κ3) is 4.89. The first-order valence-corrected chi connectivity index (χ1v) is 8.61. The van der Waals surface area contributed by atoms with E-state index in [4.69, 9.17) is 10.5 Å². The predicted molar refractivity (Wildman–Crippen MR) is 87.8 cm³/mol. The molecule has 0 spiro atoms. The van der Waals surface area contributed by atoms with E-state index < -0.39 is 6.04 Å². The molecule has 2 amide bonds. The number of rotatable bonds is 5. The number of ether oxygens (including phenoxy) is 1. The molecule has 3 N–H and O–H groups in total. The number of nitrogens with one attached hydrogen (secondary N) is 1. The van der Waals surface area contributed by atoms with Gasteiger partial charge in [-0.05, 0) is 27.2 Å². The zero-order valence-corrected chi connectivity index (χ0v) is 14.5. The molecule has 7 heteroatoms. The zero-order valence-electron chi connectivity index (χ0n) is 14.5. The van der Waals surface area contributed by atoms with E-state index in [1.807, 2.05) is 6.92 Å². The highest BCUT2D eigenvalue weighted by molar-refractivity contribution is 5.88. The molecule has 0 aromatic rings. The average molecular weight is 326 g/mol. The van der Waals surface area contributed by atoms with Crippen LogP contribution in [0.1, 0.15) is 33.6 Å². The van der Waals surface area contributed by atoms with Crippen molar-refractivity contribution in [1.29, 1.82) is 0 Å². The van der Waals surface area contributed by atoms with E-state index in [1.54, 1.807) is 4.90 Å². The van der Waals surface area contributed by atoms with Crippen molar-refractivity contribution in [3.63, 3.8) is 0 Å². The number of likely N-dealkylation sites (N-methyl/N-ethyl adjacent to an activating group) is 1. The summed E-state index contributed by atoms with van der Waals surface area (Å²) in [5.41, 5.74) is 5.96. The molecule has 132 valence electrons. The van der Waals surface area contributed by atoms with E-state index in [0.29, 0.717) is 32.5 Å². The van der Waals surface area contributed by atoms with Crippen LogP contribution >= 0.6 is 0 Å². The molecule has 0 unspecified atom stereocenters. The number of carbonyl (C=O) groups excluding carboxylic acids is 2. The van der Waals surface area contributed by atoms with Gasteiger partial charge in [0.1, 0.15) is 6.04 Å². The lowest BCUT2D eigenvalue weighted by Crippen LogP contribution is -2.48. The summed E-state index contributed by atoms with van der Waals surface area (Å²) in [5.74, 6) is -0.0802. The molecule has 4 atom stereocenters. The Bertz CT molecular complexity index is 422. The molecule has 0 aliphatic carbocycles. The molecule has 0 aromatic heterocycles. The molecule has 2 aliphatic heterocycles. The van der Waals surface area contributed by atoms with Crippen LogP contribution < -0.4 is 11.1 Å². The quantitative estimate of drug-likeness (QED) is 0.714. The summed E-state index contributed by atoms with van der Waals surface area (Å²) < 4.78 is 5.71. The Morgan fingerprint density at radius 3 is 2.48 bits per heavy atom. The van der Waals surface area contributed by atoms with Crippen LogP contribution in [0.2, 0.25) is 0 Å². The van der Waals surface area contributed by atoms with Crippen molar-refractivity contribution in [2.45, 2.75) is 57.9 Å². The minimum absolute atomic E-state index is 0.0148. The van der Waals surface area contributed by atoms with Gasteiger partial charge < -0.3 is 20.7 Å². The fourth-order valence-corrected chi connectivity index (χ4v) is 3.55. The van der Waals surface area contributed by atoms with Gasteiger partial charge in [0.25, 0.3) is 0 Å². The maximum absolute atomic E-state index is 12.5. The van der Waals surface area contributed by atoms with Crippen molar-refractivity contribution in [3.8, 4) is 0 Å². The summed E-state index contributed by atoms with van der Waals surface area (Å²) in [6.45, 7) is 9.40. The number of amides is 2. The first-order chi connectivity index (χ1) is 10.9. The lowest BCUT2D eigenvalue weighted by atomic mass is 10.1. The lowest BCUT2D eigenvalue weighted by Gasteiger charge is -2.35. The van der Waals surface area contributed by atoms with Crippen LogP contribution in [0, 0.1) is 0 Å². The molecule has 0 saturated carbocycles. The van der Waals surface area contributed by atoms with E-state index in [2.05, 4.69) is 24.1 Å². The molecule has 0 radical (unpaired) electrons. The highest BCUT2D eigenvalue weighted by Gasteiger charge is 2.37. The Hall–Kier alpha value is -1.18. The standard InChI is InChI=1S/C16H30N4O3/c1-4-18-16(22)14-7-13(17)10-20(14)15(21)5-6-19-8-11(2)23-12(3)9-19/h11-14H,4-10,17H2,1-3H3,(H,18,22)/t11-,12+,13-,14+/m1/s1. The molecule has 0 bridgehead atoms. The van der Waals surface area contributed by atoms with E-state index in [9.17, 15) is 9.59 Å². The molecule has 2 saturated heterocycles.